The Bertz CT molecular complexity index is 558. The standard InChI is InChI=1S/C14H20O10/c1-4-21-9(16)8-13(20,10(17)22-5-2)14(11(18)23-8)7(15)6-12(3,19)24-14/h7-8,15,19-20H,4-6H2,1-3H3/t7-,8-,12+,13-,14+/m1/s1. The third-order valence-corrected chi connectivity index (χ3v) is 3.98. The lowest BCUT2D eigenvalue weighted by Crippen LogP contribution is -2.69. The number of esters is 3. The van der Waals surface area contributed by atoms with Crippen molar-refractivity contribution in [2.24, 2.45) is 0 Å². The second-order valence-electron chi connectivity index (χ2n) is 5.76. The molecule has 0 aromatic heterocycles. The van der Waals surface area contributed by atoms with E-state index in [4.69, 9.17) is 18.9 Å². The highest BCUT2D eigenvalue weighted by atomic mass is 16.7. The summed E-state index contributed by atoms with van der Waals surface area (Å²) in [5, 5.41) is 31.2. The summed E-state index contributed by atoms with van der Waals surface area (Å²) in [4.78, 5) is 36.8. The molecule has 5 atom stereocenters. The molecule has 3 N–H and O–H groups in total. The summed E-state index contributed by atoms with van der Waals surface area (Å²) >= 11 is 0. The predicted octanol–water partition coefficient (Wildman–Crippen LogP) is -2.00. The largest absolute Gasteiger partial charge is 0.464 e. The average Bonchev–Trinajstić information content (AvgIpc) is 2.86. The SMILES string of the molecule is CCOC(=O)[C@H]1OC(=O)[C@]2(O[C@](C)(O)C[C@H]2O)[C@]1(O)C(=O)OCC. The highest BCUT2D eigenvalue weighted by Crippen LogP contribution is 2.50. The highest BCUT2D eigenvalue weighted by molar-refractivity contribution is 6.03. The van der Waals surface area contributed by atoms with Gasteiger partial charge < -0.3 is 34.3 Å². The molecule has 10 heteroatoms. The summed E-state index contributed by atoms with van der Waals surface area (Å²) in [7, 11) is 0. The second-order valence-corrected chi connectivity index (χ2v) is 5.76. The quantitative estimate of drug-likeness (QED) is 0.384. The molecule has 2 aliphatic heterocycles. The molecule has 1 spiro atoms. The Kier molecular flexibility index (Phi) is 4.61. The summed E-state index contributed by atoms with van der Waals surface area (Å²) in [5.74, 6) is -6.03. The summed E-state index contributed by atoms with van der Waals surface area (Å²) in [5.41, 5.74) is -5.73. The van der Waals surface area contributed by atoms with E-state index >= 15 is 0 Å². The Morgan fingerprint density at radius 2 is 1.83 bits per heavy atom. The van der Waals surface area contributed by atoms with E-state index in [-0.39, 0.29) is 13.2 Å². The summed E-state index contributed by atoms with van der Waals surface area (Å²) in [6, 6.07) is 0. The molecule has 2 rings (SSSR count). The van der Waals surface area contributed by atoms with E-state index in [9.17, 15) is 29.7 Å². The van der Waals surface area contributed by atoms with Crippen LogP contribution in [0.25, 0.3) is 0 Å². The number of hydrogen-bond donors (Lipinski definition) is 3. The first-order valence-corrected chi connectivity index (χ1v) is 7.44. The van der Waals surface area contributed by atoms with E-state index in [1.54, 1.807) is 0 Å². The number of carbonyl (C=O) groups is 3. The van der Waals surface area contributed by atoms with Gasteiger partial charge in [0.2, 0.25) is 11.7 Å². The molecule has 2 fully saturated rings. The number of hydrogen-bond acceptors (Lipinski definition) is 10. The molecule has 24 heavy (non-hydrogen) atoms. The van der Waals surface area contributed by atoms with E-state index < -0.39 is 53.5 Å². The molecular weight excluding hydrogens is 328 g/mol. The van der Waals surface area contributed by atoms with Crippen molar-refractivity contribution in [1.82, 2.24) is 0 Å². The van der Waals surface area contributed by atoms with Gasteiger partial charge in [0.15, 0.2) is 5.79 Å². The molecular formula is C14H20O10. The second kappa shape index (κ2) is 5.96. The minimum atomic E-state index is -3.02. The lowest BCUT2D eigenvalue weighted by molar-refractivity contribution is -0.257. The molecule has 0 aliphatic carbocycles. The van der Waals surface area contributed by atoms with Crippen molar-refractivity contribution in [3.05, 3.63) is 0 Å². The van der Waals surface area contributed by atoms with E-state index in [2.05, 4.69) is 0 Å². The number of aliphatic hydroxyl groups is 3. The zero-order chi connectivity index (χ0) is 18.3. The molecule has 2 aliphatic rings. The minimum absolute atomic E-state index is 0.111. The van der Waals surface area contributed by atoms with Gasteiger partial charge in [-0.05, 0) is 20.8 Å². The maximum atomic E-state index is 12.4. The van der Waals surface area contributed by atoms with Crippen LogP contribution in [-0.2, 0) is 33.3 Å². The van der Waals surface area contributed by atoms with E-state index in [1.807, 2.05) is 0 Å². The molecule has 10 nitrogen and oxygen atoms in total. The molecule has 0 bridgehead atoms. The maximum absolute atomic E-state index is 12.4. The summed E-state index contributed by atoms with van der Waals surface area (Å²) < 4.78 is 19.4. The fourth-order valence-electron chi connectivity index (χ4n) is 3.04. The first-order chi connectivity index (χ1) is 11.1. The van der Waals surface area contributed by atoms with Crippen LogP contribution in [0.4, 0.5) is 0 Å². The van der Waals surface area contributed by atoms with Gasteiger partial charge >= 0.3 is 17.9 Å². The number of rotatable bonds is 4. The molecule has 2 heterocycles. The van der Waals surface area contributed by atoms with Crippen LogP contribution < -0.4 is 0 Å². The van der Waals surface area contributed by atoms with Crippen molar-refractivity contribution in [2.45, 2.75) is 56.4 Å². The summed E-state index contributed by atoms with van der Waals surface area (Å²) in [6.07, 6.45) is -4.43. The average molecular weight is 348 g/mol. The topological polar surface area (TPSA) is 149 Å². The molecule has 0 aromatic rings. The Morgan fingerprint density at radius 3 is 2.29 bits per heavy atom. The van der Waals surface area contributed by atoms with Gasteiger partial charge in [-0.3, -0.25) is 0 Å². The van der Waals surface area contributed by atoms with Crippen LogP contribution in [0.15, 0.2) is 0 Å². The van der Waals surface area contributed by atoms with Crippen LogP contribution in [-0.4, -0.2) is 75.6 Å². The van der Waals surface area contributed by atoms with Gasteiger partial charge in [-0.25, -0.2) is 14.4 Å². The lowest BCUT2D eigenvalue weighted by Gasteiger charge is -2.36. The fourth-order valence-corrected chi connectivity index (χ4v) is 3.04. The van der Waals surface area contributed by atoms with Gasteiger partial charge in [-0.15, -0.1) is 0 Å². The number of cyclic esters (lactones) is 1. The maximum Gasteiger partial charge on any atom is 0.351 e. The van der Waals surface area contributed by atoms with Crippen molar-refractivity contribution in [3.8, 4) is 0 Å². The number of ether oxygens (including phenoxy) is 4. The minimum Gasteiger partial charge on any atom is -0.464 e. The zero-order valence-electron chi connectivity index (χ0n) is 13.5. The molecule has 0 unspecified atom stereocenters. The monoisotopic (exact) mass is 348 g/mol. The van der Waals surface area contributed by atoms with Crippen LogP contribution in [0.2, 0.25) is 0 Å². The van der Waals surface area contributed by atoms with Crippen molar-refractivity contribution in [2.75, 3.05) is 13.2 Å². The van der Waals surface area contributed by atoms with Gasteiger partial charge in [0, 0.05) is 6.42 Å². The number of aliphatic hydroxyl groups excluding tert-OH is 1. The Morgan fingerprint density at radius 1 is 1.25 bits per heavy atom. The van der Waals surface area contributed by atoms with Crippen LogP contribution in [0, 0.1) is 0 Å². The van der Waals surface area contributed by atoms with Gasteiger partial charge in [-0.1, -0.05) is 0 Å². The molecule has 0 aromatic carbocycles. The summed E-state index contributed by atoms with van der Waals surface area (Å²) in [6.45, 7) is 3.74. The molecule has 0 amide bonds. The van der Waals surface area contributed by atoms with Crippen LogP contribution in [0.3, 0.4) is 0 Å². The first kappa shape index (κ1) is 18.6. The Balaban J connectivity index is 2.58. The number of carbonyl (C=O) groups excluding carboxylic acids is 3. The molecule has 136 valence electrons. The smallest absolute Gasteiger partial charge is 0.351 e. The van der Waals surface area contributed by atoms with Crippen LogP contribution in [0.5, 0.6) is 0 Å². The van der Waals surface area contributed by atoms with Crippen LogP contribution in [0.1, 0.15) is 27.2 Å². The predicted molar refractivity (Wildman–Crippen MR) is 73.2 cm³/mol. The van der Waals surface area contributed by atoms with Crippen LogP contribution >= 0.6 is 0 Å². The Labute approximate surface area is 137 Å². The zero-order valence-corrected chi connectivity index (χ0v) is 13.5. The normalized spacial score (nSPS) is 41.3. The molecule has 2 saturated heterocycles. The van der Waals surface area contributed by atoms with Crippen molar-refractivity contribution in [1.29, 1.82) is 0 Å². The van der Waals surface area contributed by atoms with Gasteiger partial charge in [0.25, 0.3) is 5.60 Å². The molecule has 0 radical (unpaired) electrons. The fraction of sp³-hybridized carbons (Fsp3) is 0.786. The van der Waals surface area contributed by atoms with E-state index in [1.165, 1.54) is 13.8 Å². The van der Waals surface area contributed by atoms with Gasteiger partial charge in [0.1, 0.15) is 6.10 Å². The van der Waals surface area contributed by atoms with Gasteiger partial charge in [-0.2, -0.15) is 0 Å². The Hall–Kier alpha value is -1.75. The van der Waals surface area contributed by atoms with E-state index in [0.717, 1.165) is 6.92 Å². The first-order valence-electron chi connectivity index (χ1n) is 7.44. The van der Waals surface area contributed by atoms with E-state index in [0.29, 0.717) is 0 Å². The highest BCUT2D eigenvalue weighted by Gasteiger charge is 2.82. The third kappa shape index (κ3) is 2.37. The van der Waals surface area contributed by atoms with Crippen molar-refractivity contribution in [3.63, 3.8) is 0 Å². The van der Waals surface area contributed by atoms with Crippen molar-refractivity contribution >= 4 is 17.9 Å². The lowest BCUT2D eigenvalue weighted by atomic mass is 9.77. The molecule has 0 saturated carbocycles. The third-order valence-electron chi connectivity index (χ3n) is 3.98. The van der Waals surface area contributed by atoms with Gasteiger partial charge in [0.05, 0.1) is 13.2 Å². The van der Waals surface area contributed by atoms with Crippen molar-refractivity contribution < 1.29 is 48.7 Å².